The molecule has 0 bridgehead atoms. The van der Waals surface area contributed by atoms with Crippen LogP contribution in [0.4, 0.5) is 5.69 Å². The zero-order chi connectivity index (χ0) is 14.7. The van der Waals surface area contributed by atoms with Crippen molar-refractivity contribution in [3.05, 3.63) is 34.0 Å². The molecule has 20 heavy (non-hydrogen) atoms. The molecule has 0 fully saturated rings. The quantitative estimate of drug-likeness (QED) is 0.888. The number of hydrogen-bond donors (Lipinski definition) is 2. The van der Waals surface area contributed by atoms with Crippen molar-refractivity contribution in [2.45, 2.75) is 33.2 Å². The molecule has 1 amide bonds. The van der Waals surface area contributed by atoms with Gasteiger partial charge >= 0.3 is 0 Å². The van der Waals surface area contributed by atoms with Gasteiger partial charge in [-0.2, -0.15) is 0 Å². The Hall–Kier alpha value is -1.82. The van der Waals surface area contributed by atoms with E-state index < -0.39 is 0 Å². The van der Waals surface area contributed by atoms with Crippen LogP contribution in [0.3, 0.4) is 0 Å². The second-order valence-corrected chi connectivity index (χ2v) is 6.09. The van der Waals surface area contributed by atoms with Crippen LogP contribution in [-0.4, -0.2) is 22.0 Å². The zero-order valence-corrected chi connectivity index (χ0v) is 12.8. The average molecular weight is 292 g/mol. The van der Waals surface area contributed by atoms with Crippen molar-refractivity contribution in [3.63, 3.8) is 0 Å². The van der Waals surface area contributed by atoms with E-state index in [0.717, 1.165) is 17.1 Å². The summed E-state index contributed by atoms with van der Waals surface area (Å²) < 4.78 is 1.89. The molecule has 5 nitrogen and oxygen atoms in total. The number of nitrogens with two attached hydrogens (primary N) is 1. The van der Waals surface area contributed by atoms with Crippen LogP contribution in [0.5, 0.6) is 0 Å². The molecule has 2 heterocycles. The minimum atomic E-state index is -0.0950. The summed E-state index contributed by atoms with van der Waals surface area (Å²) in [6.07, 6.45) is 2.54. The van der Waals surface area contributed by atoms with Gasteiger partial charge in [-0.05, 0) is 26.8 Å². The number of thiazole rings is 1. The largest absolute Gasteiger partial charge is 0.397 e. The maximum absolute atomic E-state index is 12.2. The highest BCUT2D eigenvalue weighted by molar-refractivity contribution is 7.09. The minimum Gasteiger partial charge on any atom is -0.397 e. The average Bonchev–Trinajstić information content (AvgIpc) is 2.95. The summed E-state index contributed by atoms with van der Waals surface area (Å²) in [6.45, 7) is 6.60. The smallest absolute Gasteiger partial charge is 0.268 e. The molecular weight excluding hydrogens is 272 g/mol. The third-order valence-electron chi connectivity index (χ3n) is 2.99. The van der Waals surface area contributed by atoms with E-state index in [9.17, 15) is 4.79 Å². The van der Waals surface area contributed by atoms with Gasteiger partial charge in [0.05, 0.1) is 16.4 Å². The first-order valence-electron chi connectivity index (χ1n) is 6.64. The molecule has 2 rings (SSSR count). The fourth-order valence-corrected chi connectivity index (χ4v) is 2.67. The molecule has 3 N–H and O–H groups in total. The number of hydrogen-bond acceptors (Lipinski definition) is 4. The van der Waals surface area contributed by atoms with Crippen molar-refractivity contribution in [3.8, 4) is 0 Å². The summed E-state index contributed by atoms with van der Waals surface area (Å²) in [7, 11) is 0. The Kier molecular flexibility index (Phi) is 4.44. The number of nitrogens with zero attached hydrogens (tertiary/aromatic N) is 2. The Morgan fingerprint density at radius 1 is 1.55 bits per heavy atom. The molecule has 0 radical (unpaired) electrons. The summed E-state index contributed by atoms with van der Waals surface area (Å²) in [5, 5.41) is 5.99. The lowest BCUT2D eigenvalue weighted by Gasteiger charge is -2.12. The molecule has 0 unspecified atom stereocenters. The summed E-state index contributed by atoms with van der Waals surface area (Å²) in [5.41, 5.74) is 8.00. The number of aryl methyl sites for hydroxylation is 1. The first kappa shape index (κ1) is 14.6. The monoisotopic (exact) mass is 292 g/mol. The molecule has 0 atom stereocenters. The van der Waals surface area contributed by atoms with E-state index in [2.05, 4.69) is 10.3 Å². The fraction of sp³-hybridized carbons (Fsp3) is 0.429. The van der Waals surface area contributed by atoms with Crippen molar-refractivity contribution in [1.82, 2.24) is 14.9 Å². The third kappa shape index (κ3) is 3.39. The van der Waals surface area contributed by atoms with Gasteiger partial charge in [0.1, 0.15) is 5.69 Å². The molecular formula is C14H20N4OS. The molecule has 0 aliphatic carbocycles. The topological polar surface area (TPSA) is 72.9 Å². The number of rotatable bonds is 5. The number of carbonyl (C=O) groups is 1. The van der Waals surface area contributed by atoms with Gasteiger partial charge in [-0.15, -0.1) is 11.3 Å². The normalized spacial score (nSPS) is 11.0. The van der Waals surface area contributed by atoms with Crippen molar-refractivity contribution < 1.29 is 4.79 Å². The molecule has 0 aliphatic heterocycles. The van der Waals surface area contributed by atoms with Gasteiger partial charge in [-0.3, -0.25) is 4.79 Å². The summed E-state index contributed by atoms with van der Waals surface area (Å²) in [5.74, 6) is -0.0950. The van der Waals surface area contributed by atoms with Crippen LogP contribution < -0.4 is 11.1 Å². The first-order valence-corrected chi connectivity index (χ1v) is 7.52. The van der Waals surface area contributed by atoms with Gasteiger partial charge in [0.2, 0.25) is 0 Å². The molecule has 108 valence electrons. The standard InChI is InChI=1S/C14H20N4OS/c1-9(2)18-7-11(15)6-13(18)14(19)16-5-4-12-8-20-10(3)17-12/h6-9H,4-5,15H2,1-3H3,(H,16,19). The Balaban J connectivity index is 1.95. The summed E-state index contributed by atoms with van der Waals surface area (Å²) in [4.78, 5) is 16.5. The first-order chi connectivity index (χ1) is 9.47. The number of anilines is 1. The lowest BCUT2D eigenvalue weighted by Crippen LogP contribution is -2.28. The van der Waals surface area contributed by atoms with Gasteiger partial charge in [0.15, 0.2) is 0 Å². The SMILES string of the molecule is Cc1nc(CCNC(=O)c2cc(N)cn2C(C)C)cs1. The van der Waals surface area contributed by atoms with Crippen LogP contribution in [0.15, 0.2) is 17.6 Å². The Morgan fingerprint density at radius 2 is 2.30 bits per heavy atom. The number of aromatic nitrogens is 2. The van der Waals surface area contributed by atoms with Crippen LogP contribution >= 0.6 is 11.3 Å². The second kappa shape index (κ2) is 6.09. The third-order valence-corrected chi connectivity index (χ3v) is 3.81. The number of amides is 1. The molecule has 2 aromatic rings. The van der Waals surface area contributed by atoms with E-state index >= 15 is 0 Å². The van der Waals surface area contributed by atoms with E-state index in [1.165, 1.54) is 0 Å². The lowest BCUT2D eigenvalue weighted by molar-refractivity contribution is 0.0943. The van der Waals surface area contributed by atoms with E-state index in [-0.39, 0.29) is 11.9 Å². The molecule has 0 saturated heterocycles. The number of nitrogens with one attached hydrogen (secondary N) is 1. The van der Waals surface area contributed by atoms with Crippen LogP contribution in [0.25, 0.3) is 0 Å². The molecule has 2 aromatic heterocycles. The molecule has 0 saturated carbocycles. The predicted molar refractivity (Wildman–Crippen MR) is 82.1 cm³/mol. The van der Waals surface area contributed by atoms with Gasteiger partial charge in [-0.25, -0.2) is 4.98 Å². The van der Waals surface area contributed by atoms with Crippen molar-refractivity contribution in [2.75, 3.05) is 12.3 Å². The summed E-state index contributed by atoms with van der Waals surface area (Å²) >= 11 is 1.62. The fourth-order valence-electron chi connectivity index (χ4n) is 2.03. The molecule has 6 heteroatoms. The van der Waals surface area contributed by atoms with Gasteiger partial charge in [0, 0.05) is 30.6 Å². The van der Waals surface area contributed by atoms with Crippen molar-refractivity contribution >= 4 is 22.9 Å². The van der Waals surface area contributed by atoms with Gasteiger partial charge in [0.25, 0.3) is 5.91 Å². The van der Waals surface area contributed by atoms with E-state index in [4.69, 9.17) is 5.73 Å². The number of carbonyl (C=O) groups excluding carboxylic acids is 1. The highest BCUT2D eigenvalue weighted by Crippen LogP contribution is 2.16. The number of nitrogen functional groups attached to an aromatic ring is 1. The van der Waals surface area contributed by atoms with Crippen molar-refractivity contribution in [2.24, 2.45) is 0 Å². The maximum atomic E-state index is 12.2. The van der Waals surface area contributed by atoms with Crippen LogP contribution in [0.1, 0.15) is 41.1 Å². The minimum absolute atomic E-state index is 0.0950. The molecule has 0 aliphatic rings. The highest BCUT2D eigenvalue weighted by atomic mass is 32.1. The zero-order valence-electron chi connectivity index (χ0n) is 12.0. The van der Waals surface area contributed by atoms with E-state index in [1.807, 2.05) is 30.7 Å². The Labute approximate surface area is 122 Å². The maximum Gasteiger partial charge on any atom is 0.268 e. The van der Waals surface area contributed by atoms with Crippen LogP contribution in [0, 0.1) is 6.92 Å². The van der Waals surface area contributed by atoms with Gasteiger partial charge in [-0.1, -0.05) is 0 Å². The van der Waals surface area contributed by atoms with Crippen molar-refractivity contribution in [1.29, 1.82) is 0 Å². The molecule has 0 spiro atoms. The van der Waals surface area contributed by atoms with E-state index in [0.29, 0.717) is 17.9 Å². The highest BCUT2D eigenvalue weighted by Gasteiger charge is 2.14. The van der Waals surface area contributed by atoms with Gasteiger partial charge < -0.3 is 15.6 Å². The van der Waals surface area contributed by atoms with Crippen LogP contribution in [-0.2, 0) is 6.42 Å². The lowest BCUT2D eigenvalue weighted by atomic mass is 10.3. The second-order valence-electron chi connectivity index (χ2n) is 5.02. The van der Waals surface area contributed by atoms with E-state index in [1.54, 1.807) is 23.6 Å². The predicted octanol–water partition coefficient (Wildman–Crippen LogP) is 2.39. The van der Waals surface area contributed by atoms with Crippen LogP contribution in [0.2, 0.25) is 0 Å². The Morgan fingerprint density at radius 3 is 2.90 bits per heavy atom. The summed E-state index contributed by atoms with van der Waals surface area (Å²) in [6, 6.07) is 1.91. The molecule has 0 aromatic carbocycles. The Bertz CT molecular complexity index is 600.